The van der Waals surface area contributed by atoms with E-state index in [0.29, 0.717) is 11.3 Å². The van der Waals surface area contributed by atoms with Crippen molar-refractivity contribution < 1.29 is 18.3 Å². The van der Waals surface area contributed by atoms with E-state index in [1.165, 1.54) is 0 Å². The topological polar surface area (TPSA) is 74.7 Å². The van der Waals surface area contributed by atoms with Crippen LogP contribution in [0, 0.1) is 13.8 Å². The SMILES string of the molecule is Cc1ccc(C)c2c1N(CC(=O)O)CCS2(=O)=O. The monoisotopic (exact) mass is 269 g/mol. The Kier molecular flexibility index (Phi) is 3.06. The third-order valence-electron chi connectivity index (χ3n) is 3.11. The molecule has 0 aromatic heterocycles. The molecule has 0 unspecified atom stereocenters. The lowest BCUT2D eigenvalue weighted by atomic mass is 10.1. The van der Waals surface area contributed by atoms with Crippen molar-refractivity contribution in [3.05, 3.63) is 23.3 Å². The first-order valence-corrected chi connectivity index (χ1v) is 7.28. The Labute approximate surface area is 106 Å². The maximum Gasteiger partial charge on any atom is 0.323 e. The Morgan fingerprint density at radius 1 is 1.33 bits per heavy atom. The molecule has 1 heterocycles. The normalized spacial score (nSPS) is 17.3. The van der Waals surface area contributed by atoms with Gasteiger partial charge in [-0.3, -0.25) is 4.79 Å². The van der Waals surface area contributed by atoms with Gasteiger partial charge in [-0.15, -0.1) is 0 Å². The number of carboxylic acids is 1. The first-order chi connectivity index (χ1) is 8.33. The summed E-state index contributed by atoms with van der Waals surface area (Å²) in [5, 5.41) is 8.89. The molecule has 0 aliphatic carbocycles. The molecule has 1 aromatic carbocycles. The van der Waals surface area contributed by atoms with Crippen LogP contribution in [0.5, 0.6) is 0 Å². The zero-order chi connectivity index (χ0) is 13.5. The molecule has 0 saturated heterocycles. The summed E-state index contributed by atoms with van der Waals surface area (Å²) in [4.78, 5) is 12.8. The van der Waals surface area contributed by atoms with E-state index in [0.717, 1.165) is 5.56 Å². The van der Waals surface area contributed by atoms with Gasteiger partial charge in [-0.25, -0.2) is 8.42 Å². The van der Waals surface area contributed by atoms with Crippen LogP contribution in [0.2, 0.25) is 0 Å². The number of aliphatic carboxylic acids is 1. The minimum absolute atomic E-state index is 0.0302. The number of rotatable bonds is 2. The van der Waals surface area contributed by atoms with Crippen molar-refractivity contribution in [2.45, 2.75) is 18.7 Å². The van der Waals surface area contributed by atoms with Crippen LogP contribution in [-0.2, 0) is 14.6 Å². The van der Waals surface area contributed by atoms with Crippen molar-refractivity contribution in [1.82, 2.24) is 0 Å². The van der Waals surface area contributed by atoms with E-state index in [4.69, 9.17) is 5.11 Å². The van der Waals surface area contributed by atoms with Gasteiger partial charge in [-0.2, -0.15) is 0 Å². The van der Waals surface area contributed by atoms with Crippen molar-refractivity contribution in [3.8, 4) is 0 Å². The Morgan fingerprint density at radius 3 is 2.56 bits per heavy atom. The Balaban J connectivity index is 2.66. The highest BCUT2D eigenvalue weighted by Gasteiger charge is 2.31. The number of hydrogen-bond donors (Lipinski definition) is 1. The van der Waals surface area contributed by atoms with E-state index in [2.05, 4.69) is 0 Å². The predicted octanol–water partition coefficient (Wildman–Crippen LogP) is 0.982. The molecule has 0 fully saturated rings. The summed E-state index contributed by atoms with van der Waals surface area (Å²) >= 11 is 0. The number of nitrogens with zero attached hydrogens (tertiary/aromatic N) is 1. The van der Waals surface area contributed by atoms with Crippen LogP contribution in [-0.4, -0.2) is 38.3 Å². The van der Waals surface area contributed by atoms with Crippen molar-refractivity contribution in [1.29, 1.82) is 0 Å². The Hall–Kier alpha value is -1.56. The summed E-state index contributed by atoms with van der Waals surface area (Å²) in [6.45, 7) is 3.59. The van der Waals surface area contributed by atoms with Crippen molar-refractivity contribution in [3.63, 3.8) is 0 Å². The fourth-order valence-electron chi connectivity index (χ4n) is 2.32. The van der Waals surface area contributed by atoms with Gasteiger partial charge in [0.05, 0.1) is 16.3 Å². The fourth-order valence-corrected chi connectivity index (χ4v) is 4.13. The summed E-state index contributed by atoms with van der Waals surface area (Å²) in [6.07, 6.45) is 0. The molecule has 1 aliphatic heterocycles. The second kappa shape index (κ2) is 4.28. The molecule has 5 nitrogen and oxygen atoms in total. The van der Waals surface area contributed by atoms with Crippen LogP contribution in [0.4, 0.5) is 5.69 Å². The van der Waals surface area contributed by atoms with Crippen molar-refractivity contribution in [2.75, 3.05) is 23.7 Å². The van der Waals surface area contributed by atoms with Crippen LogP contribution < -0.4 is 4.90 Å². The molecule has 98 valence electrons. The lowest BCUT2D eigenvalue weighted by Gasteiger charge is -2.32. The maximum absolute atomic E-state index is 12.1. The molecule has 0 spiro atoms. The molecule has 18 heavy (non-hydrogen) atoms. The molecule has 0 radical (unpaired) electrons. The lowest BCUT2D eigenvalue weighted by Crippen LogP contribution is -2.39. The summed E-state index contributed by atoms with van der Waals surface area (Å²) in [5.74, 6) is -0.987. The van der Waals surface area contributed by atoms with E-state index >= 15 is 0 Å². The van der Waals surface area contributed by atoms with Gasteiger partial charge in [-0.1, -0.05) is 12.1 Å². The minimum Gasteiger partial charge on any atom is -0.480 e. The molecular formula is C12H15NO4S. The van der Waals surface area contributed by atoms with Crippen LogP contribution in [0.3, 0.4) is 0 Å². The molecule has 6 heteroatoms. The predicted molar refractivity (Wildman–Crippen MR) is 67.8 cm³/mol. The molecule has 1 aromatic rings. The summed E-state index contributed by atoms with van der Waals surface area (Å²) in [6, 6.07) is 3.58. The minimum atomic E-state index is -3.30. The van der Waals surface area contributed by atoms with Crippen molar-refractivity contribution in [2.24, 2.45) is 0 Å². The van der Waals surface area contributed by atoms with Gasteiger partial charge in [0.2, 0.25) is 0 Å². The van der Waals surface area contributed by atoms with Gasteiger partial charge in [0, 0.05) is 6.54 Å². The molecule has 0 atom stereocenters. The van der Waals surface area contributed by atoms with Gasteiger partial charge < -0.3 is 10.0 Å². The highest BCUT2D eigenvalue weighted by atomic mass is 32.2. The lowest BCUT2D eigenvalue weighted by molar-refractivity contribution is -0.135. The average molecular weight is 269 g/mol. The molecule has 1 aliphatic rings. The molecular weight excluding hydrogens is 254 g/mol. The van der Waals surface area contributed by atoms with E-state index < -0.39 is 15.8 Å². The van der Waals surface area contributed by atoms with Crippen molar-refractivity contribution >= 4 is 21.5 Å². The molecule has 0 bridgehead atoms. The highest BCUT2D eigenvalue weighted by molar-refractivity contribution is 7.91. The van der Waals surface area contributed by atoms with E-state index in [1.807, 2.05) is 6.07 Å². The zero-order valence-electron chi connectivity index (χ0n) is 10.3. The smallest absolute Gasteiger partial charge is 0.323 e. The number of carboxylic acid groups (broad SMARTS) is 1. The number of benzene rings is 1. The maximum atomic E-state index is 12.1. The fraction of sp³-hybridized carbons (Fsp3) is 0.417. The Bertz CT molecular complexity index is 607. The standard InChI is InChI=1S/C12H15NO4S/c1-8-3-4-9(2)12-11(8)13(7-10(14)15)5-6-18(12,16)17/h3-4H,5-7H2,1-2H3,(H,14,15). The quantitative estimate of drug-likeness (QED) is 0.866. The summed E-state index contributed by atoms with van der Waals surface area (Å²) in [7, 11) is -3.30. The van der Waals surface area contributed by atoms with Gasteiger partial charge in [0.25, 0.3) is 0 Å². The molecule has 2 rings (SSSR count). The van der Waals surface area contributed by atoms with Crippen LogP contribution in [0.1, 0.15) is 11.1 Å². The van der Waals surface area contributed by atoms with Gasteiger partial charge in [0.1, 0.15) is 6.54 Å². The Morgan fingerprint density at radius 2 is 1.94 bits per heavy atom. The number of carbonyl (C=O) groups is 1. The largest absolute Gasteiger partial charge is 0.480 e. The average Bonchev–Trinajstić information content (AvgIpc) is 2.25. The first-order valence-electron chi connectivity index (χ1n) is 5.62. The van der Waals surface area contributed by atoms with E-state index in [1.54, 1.807) is 24.8 Å². The second-order valence-corrected chi connectivity index (χ2v) is 6.56. The van der Waals surface area contributed by atoms with Crippen LogP contribution in [0.25, 0.3) is 0 Å². The van der Waals surface area contributed by atoms with Gasteiger partial charge >= 0.3 is 5.97 Å². The molecule has 0 saturated carbocycles. The zero-order valence-corrected chi connectivity index (χ0v) is 11.1. The number of hydrogen-bond acceptors (Lipinski definition) is 4. The molecule has 0 amide bonds. The number of sulfone groups is 1. The van der Waals surface area contributed by atoms with Gasteiger partial charge in [0.15, 0.2) is 9.84 Å². The summed E-state index contributed by atoms with van der Waals surface area (Å²) < 4.78 is 24.2. The third kappa shape index (κ3) is 2.08. The summed E-state index contributed by atoms with van der Waals surface area (Å²) in [5.41, 5.74) is 2.01. The van der Waals surface area contributed by atoms with Crippen LogP contribution >= 0.6 is 0 Å². The number of fused-ring (bicyclic) bond motifs is 1. The molecule has 1 N–H and O–H groups in total. The van der Waals surface area contributed by atoms with Gasteiger partial charge in [-0.05, 0) is 25.0 Å². The number of aryl methyl sites for hydroxylation is 2. The first kappa shape index (κ1) is 12.9. The second-order valence-electron chi connectivity index (χ2n) is 4.51. The van der Waals surface area contributed by atoms with Crippen LogP contribution in [0.15, 0.2) is 17.0 Å². The highest BCUT2D eigenvalue weighted by Crippen LogP contribution is 2.35. The van der Waals surface area contributed by atoms with E-state index in [-0.39, 0.29) is 23.7 Å². The van der Waals surface area contributed by atoms with E-state index in [9.17, 15) is 13.2 Å². The third-order valence-corrected chi connectivity index (χ3v) is 4.97. The number of anilines is 1.